The lowest BCUT2D eigenvalue weighted by atomic mass is 9.96. The molecule has 0 amide bonds. The second kappa shape index (κ2) is 6.41. The molecule has 128 valence electrons. The van der Waals surface area contributed by atoms with Gasteiger partial charge in [0.25, 0.3) is 0 Å². The zero-order valence-corrected chi connectivity index (χ0v) is 13.9. The zero-order chi connectivity index (χ0) is 18.1. The minimum atomic E-state index is -1.15. The van der Waals surface area contributed by atoms with Crippen molar-refractivity contribution in [1.29, 1.82) is 0 Å². The highest BCUT2D eigenvalue weighted by Gasteiger charge is 2.11. The number of hydrogen-bond donors (Lipinski definition) is 3. The highest BCUT2D eigenvalue weighted by molar-refractivity contribution is 6.02. The summed E-state index contributed by atoms with van der Waals surface area (Å²) in [7, 11) is 0. The van der Waals surface area contributed by atoms with Crippen LogP contribution in [-0.2, 0) is 6.54 Å². The zero-order valence-electron chi connectivity index (χ0n) is 13.9. The molecule has 0 atom stereocenters. The van der Waals surface area contributed by atoms with E-state index in [1.54, 1.807) is 6.07 Å². The number of fused-ring (bicyclic) bond motifs is 2. The lowest BCUT2D eigenvalue weighted by molar-refractivity contribution is 0.0694. The molecule has 4 aromatic rings. The van der Waals surface area contributed by atoms with E-state index in [1.807, 2.05) is 24.3 Å². The molecule has 0 saturated carbocycles. The average molecular weight is 343 g/mol. The van der Waals surface area contributed by atoms with E-state index in [-0.39, 0.29) is 11.3 Å². The van der Waals surface area contributed by atoms with Crippen LogP contribution < -0.4 is 5.32 Å². The highest BCUT2D eigenvalue weighted by atomic mass is 16.4. The van der Waals surface area contributed by atoms with Crippen molar-refractivity contribution >= 4 is 33.2 Å². The minimum Gasteiger partial charge on any atom is -0.507 e. The Balaban J connectivity index is 1.77. The molecule has 0 bridgehead atoms. The van der Waals surface area contributed by atoms with Gasteiger partial charge in [0, 0.05) is 12.2 Å². The predicted molar refractivity (Wildman–Crippen MR) is 104 cm³/mol. The van der Waals surface area contributed by atoms with Crippen LogP contribution >= 0.6 is 0 Å². The van der Waals surface area contributed by atoms with Gasteiger partial charge < -0.3 is 15.5 Å². The molecule has 0 aliphatic rings. The van der Waals surface area contributed by atoms with E-state index < -0.39 is 5.97 Å². The van der Waals surface area contributed by atoms with E-state index in [0.29, 0.717) is 12.2 Å². The van der Waals surface area contributed by atoms with Crippen molar-refractivity contribution in [1.82, 2.24) is 0 Å². The van der Waals surface area contributed by atoms with Crippen molar-refractivity contribution in [3.05, 3.63) is 83.9 Å². The summed E-state index contributed by atoms with van der Waals surface area (Å²) in [6.07, 6.45) is 0. The first kappa shape index (κ1) is 16.0. The maximum atomic E-state index is 11.2. The van der Waals surface area contributed by atoms with Gasteiger partial charge in [-0.05, 0) is 51.4 Å². The molecule has 4 rings (SSSR count). The molecule has 3 N–H and O–H groups in total. The number of hydrogen-bond acceptors (Lipinski definition) is 3. The first-order chi connectivity index (χ1) is 12.6. The summed E-state index contributed by atoms with van der Waals surface area (Å²) >= 11 is 0. The summed E-state index contributed by atoms with van der Waals surface area (Å²) in [5.41, 5.74) is 1.69. The first-order valence-electron chi connectivity index (χ1n) is 8.33. The number of carbonyl (C=O) groups is 1. The van der Waals surface area contributed by atoms with Crippen LogP contribution in [0.1, 0.15) is 15.9 Å². The van der Waals surface area contributed by atoms with E-state index in [2.05, 4.69) is 35.6 Å². The van der Waals surface area contributed by atoms with Crippen LogP contribution in [0.3, 0.4) is 0 Å². The topological polar surface area (TPSA) is 69.6 Å². The number of aromatic carboxylic acids is 1. The van der Waals surface area contributed by atoms with Crippen LogP contribution in [-0.4, -0.2) is 16.2 Å². The third-order valence-electron chi connectivity index (χ3n) is 4.58. The van der Waals surface area contributed by atoms with Gasteiger partial charge >= 0.3 is 5.97 Å². The van der Waals surface area contributed by atoms with Gasteiger partial charge in [0.15, 0.2) is 0 Å². The Kier molecular flexibility index (Phi) is 3.93. The third-order valence-corrected chi connectivity index (χ3v) is 4.58. The lowest BCUT2D eigenvalue weighted by Crippen LogP contribution is -2.03. The van der Waals surface area contributed by atoms with Crippen molar-refractivity contribution in [2.75, 3.05) is 5.32 Å². The van der Waals surface area contributed by atoms with Gasteiger partial charge in [-0.1, -0.05) is 48.5 Å². The number of carboxylic acids is 1. The Bertz CT molecular complexity index is 1080. The van der Waals surface area contributed by atoms with Crippen molar-refractivity contribution < 1.29 is 15.0 Å². The Morgan fingerprint density at radius 2 is 1.46 bits per heavy atom. The molecule has 0 saturated heterocycles. The van der Waals surface area contributed by atoms with E-state index in [4.69, 9.17) is 0 Å². The smallest absolute Gasteiger partial charge is 0.339 e. The summed E-state index contributed by atoms with van der Waals surface area (Å²) in [5, 5.41) is 26.8. The van der Waals surface area contributed by atoms with Gasteiger partial charge in [-0.3, -0.25) is 0 Å². The molecule has 0 aliphatic carbocycles. The summed E-state index contributed by atoms with van der Waals surface area (Å²) in [6, 6.07) is 23.2. The van der Waals surface area contributed by atoms with Crippen LogP contribution in [0.5, 0.6) is 5.75 Å². The summed E-state index contributed by atoms with van der Waals surface area (Å²) < 4.78 is 0. The third kappa shape index (κ3) is 2.82. The molecular formula is C22H17NO3. The number of aromatic hydroxyl groups is 1. The van der Waals surface area contributed by atoms with Gasteiger partial charge in [-0.25, -0.2) is 4.79 Å². The monoisotopic (exact) mass is 343 g/mol. The largest absolute Gasteiger partial charge is 0.507 e. The van der Waals surface area contributed by atoms with E-state index in [0.717, 1.165) is 16.3 Å². The Morgan fingerprint density at radius 1 is 0.846 bits per heavy atom. The molecule has 26 heavy (non-hydrogen) atoms. The quantitative estimate of drug-likeness (QED) is 0.360. The molecule has 4 heteroatoms. The maximum Gasteiger partial charge on any atom is 0.339 e. The standard InChI is InChI=1S/C22H17NO3/c24-21-10-9-16(12-19(21)22(25)26)23-13-20-17-7-3-1-5-14(17)11-15-6-2-4-8-18(15)20/h1-12,23-24H,13H2,(H,25,26). The highest BCUT2D eigenvalue weighted by Crippen LogP contribution is 2.29. The maximum absolute atomic E-state index is 11.2. The van der Waals surface area contributed by atoms with Crippen molar-refractivity contribution in [2.24, 2.45) is 0 Å². The van der Waals surface area contributed by atoms with Crippen LogP contribution in [0.15, 0.2) is 72.8 Å². The van der Waals surface area contributed by atoms with E-state index in [1.165, 1.54) is 22.9 Å². The second-order valence-electron chi connectivity index (χ2n) is 6.19. The second-order valence-corrected chi connectivity index (χ2v) is 6.19. The normalized spacial score (nSPS) is 10.9. The van der Waals surface area contributed by atoms with Gasteiger partial charge in [0.1, 0.15) is 11.3 Å². The van der Waals surface area contributed by atoms with Gasteiger partial charge in [0.2, 0.25) is 0 Å². The molecule has 0 spiro atoms. The Labute approximate surface area is 150 Å². The molecule has 0 radical (unpaired) electrons. The minimum absolute atomic E-state index is 0.113. The fraction of sp³-hybridized carbons (Fsp3) is 0.0455. The number of rotatable bonds is 4. The molecule has 0 heterocycles. The number of anilines is 1. The first-order valence-corrected chi connectivity index (χ1v) is 8.33. The van der Waals surface area contributed by atoms with E-state index in [9.17, 15) is 15.0 Å². The molecule has 0 aromatic heterocycles. The fourth-order valence-electron chi connectivity index (χ4n) is 3.31. The van der Waals surface area contributed by atoms with E-state index >= 15 is 0 Å². The summed E-state index contributed by atoms with van der Waals surface area (Å²) in [6.45, 7) is 0.547. The molecule has 0 aliphatic heterocycles. The fourth-order valence-corrected chi connectivity index (χ4v) is 3.31. The summed E-state index contributed by atoms with van der Waals surface area (Å²) in [5.74, 6) is -1.39. The van der Waals surface area contributed by atoms with Crippen molar-refractivity contribution in [3.8, 4) is 5.75 Å². The van der Waals surface area contributed by atoms with Crippen molar-refractivity contribution in [3.63, 3.8) is 0 Å². The lowest BCUT2D eigenvalue weighted by Gasteiger charge is -2.14. The number of benzene rings is 4. The molecular weight excluding hydrogens is 326 g/mol. The van der Waals surface area contributed by atoms with Crippen LogP contribution in [0.2, 0.25) is 0 Å². The number of nitrogens with one attached hydrogen (secondary N) is 1. The van der Waals surface area contributed by atoms with Crippen LogP contribution in [0.4, 0.5) is 5.69 Å². The Morgan fingerprint density at radius 3 is 2.08 bits per heavy atom. The Hall–Kier alpha value is -3.53. The van der Waals surface area contributed by atoms with Gasteiger partial charge in [-0.2, -0.15) is 0 Å². The van der Waals surface area contributed by atoms with Crippen LogP contribution in [0, 0.1) is 0 Å². The molecule has 4 aromatic carbocycles. The van der Waals surface area contributed by atoms with Gasteiger partial charge in [0.05, 0.1) is 0 Å². The molecule has 0 unspecified atom stereocenters. The van der Waals surface area contributed by atoms with Gasteiger partial charge in [-0.15, -0.1) is 0 Å². The summed E-state index contributed by atoms with van der Waals surface area (Å²) in [4.78, 5) is 11.2. The molecule has 0 fully saturated rings. The van der Waals surface area contributed by atoms with Crippen molar-refractivity contribution in [2.45, 2.75) is 6.54 Å². The average Bonchev–Trinajstić information content (AvgIpc) is 2.66. The SMILES string of the molecule is O=C(O)c1cc(NCc2c3ccccc3cc3ccccc23)ccc1O. The van der Waals surface area contributed by atoms with Crippen LogP contribution in [0.25, 0.3) is 21.5 Å². The predicted octanol–water partition coefficient (Wildman–Crippen LogP) is 5.01. The number of phenols is 1. The molecule has 4 nitrogen and oxygen atoms in total. The number of carboxylic acid groups (broad SMARTS) is 1.